The van der Waals surface area contributed by atoms with Crippen molar-refractivity contribution >= 4 is 40.5 Å². The molecule has 3 atom stereocenters. The fourth-order valence-corrected chi connectivity index (χ4v) is 3.85. The number of aromatic amines is 2. The molecule has 3 unspecified atom stereocenters. The van der Waals surface area contributed by atoms with Crippen LogP contribution in [0.1, 0.15) is 24.1 Å². The van der Waals surface area contributed by atoms with Crippen molar-refractivity contribution in [2.45, 2.75) is 43.8 Å². The molecule has 2 heterocycles. The van der Waals surface area contributed by atoms with Crippen molar-refractivity contribution in [1.82, 2.24) is 30.9 Å². The normalized spacial score (nSPS) is 13.3. The van der Waals surface area contributed by atoms with Gasteiger partial charge in [-0.2, -0.15) is 0 Å². The SMILES string of the molecule is NC(=O)CCC(NC(=O)C(Cc1c[nH]c2ccccc12)NC(=O)C(N)Cc1cnc[nH]1)C(=O)NCC(=O)O. The van der Waals surface area contributed by atoms with Crippen LogP contribution in [-0.4, -0.2) is 74.3 Å². The van der Waals surface area contributed by atoms with Gasteiger partial charge in [0.25, 0.3) is 0 Å². The molecule has 202 valence electrons. The number of hydrogen-bond acceptors (Lipinski definition) is 7. The number of para-hydroxylation sites is 1. The van der Waals surface area contributed by atoms with Gasteiger partial charge in [0.1, 0.15) is 18.6 Å². The van der Waals surface area contributed by atoms with E-state index in [1.807, 2.05) is 24.3 Å². The number of nitrogens with one attached hydrogen (secondary N) is 5. The Bertz CT molecular complexity index is 1290. The minimum atomic E-state index is -1.28. The van der Waals surface area contributed by atoms with Crippen molar-refractivity contribution in [3.8, 4) is 0 Å². The molecule has 1 aromatic carbocycles. The van der Waals surface area contributed by atoms with Crippen molar-refractivity contribution in [3.63, 3.8) is 0 Å². The zero-order valence-corrected chi connectivity index (χ0v) is 20.4. The van der Waals surface area contributed by atoms with Crippen LogP contribution in [0.4, 0.5) is 0 Å². The number of amides is 4. The van der Waals surface area contributed by atoms with Crippen LogP contribution >= 0.6 is 0 Å². The number of H-pyrrole nitrogens is 2. The third-order valence-corrected chi connectivity index (χ3v) is 5.79. The van der Waals surface area contributed by atoms with Crippen LogP contribution < -0.4 is 27.4 Å². The van der Waals surface area contributed by atoms with E-state index in [9.17, 15) is 24.0 Å². The summed E-state index contributed by atoms with van der Waals surface area (Å²) in [5, 5.41) is 17.0. The van der Waals surface area contributed by atoms with Crippen molar-refractivity contribution in [3.05, 3.63) is 54.2 Å². The second kappa shape index (κ2) is 13.0. The second-order valence-corrected chi connectivity index (χ2v) is 8.69. The van der Waals surface area contributed by atoms with E-state index in [1.165, 1.54) is 12.5 Å². The lowest BCUT2D eigenvalue weighted by atomic mass is 10.0. The van der Waals surface area contributed by atoms with Gasteiger partial charge in [0.05, 0.1) is 12.4 Å². The molecule has 0 aliphatic carbocycles. The Hall–Kier alpha value is -4.72. The Morgan fingerprint density at radius 1 is 0.974 bits per heavy atom. The van der Waals surface area contributed by atoms with Crippen molar-refractivity contribution in [2.75, 3.05) is 6.54 Å². The van der Waals surface area contributed by atoms with Crippen LogP contribution in [0, 0.1) is 0 Å². The summed E-state index contributed by atoms with van der Waals surface area (Å²) >= 11 is 0. The smallest absolute Gasteiger partial charge is 0.322 e. The van der Waals surface area contributed by atoms with Crippen molar-refractivity contribution in [2.24, 2.45) is 11.5 Å². The Balaban J connectivity index is 1.80. The number of nitrogens with zero attached hydrogens (tertiary/aromatic N) is 1. The van der Waals surface area contributed by atoms with Gasteiger partial charge < -0.3 is 42.5 Å². The number of carbonyl (C=O) groups excluding carboxylic acids is 4. The number of benzene rings is 1. The molecule has 0 saturated carbocycles. The van der Waals surface area contributed by atoms with Crippen LogP contribution in [0.15, 0.2) is 43.0 Å². The molecule has 4 amide bonds. The summed E-state index contributed by atoms with van der Waals surface area (Å²) in [6.45, 7) is -0.681. The van der Waals surface area contributed by atoms with Crippen LogP contribution in [-0.2, 0) is 36.8 Å². The van der Waals surface area contributed by atoms with E-state index in [-0.39, 0.29) is 25.7 Å². The quantitative estimate of drug-likeness (QED) is 0.122. The van der Waals surface area contributed by atoms with E-state index < -0.39 is 54.3 Å². The number of carboxylic acid groups (broad SMARTS) is 1. The number of fused-ring (bicyclic) bond motifs is 1. The molecular weight excluding hydrogens is 496 g/mol. The van der Waals surface area contributed by atoms with Gasteiger partial charge in [0.2, 0.25) is 23.6 Å². The monoisotopic (exact) mass is 526 g/mol. The minimum absolute atomic E-state index is 0.0532. The summed E-state index contributed by atoms with van der Waals surface area (Å²) in [7, 11) is 0. The van der Waals surface area contributed by atoms with Gasteiger partial charge in [-0.15, -0.1) is 0 Å². The zero-order chi connectivity index (χ0) is 27.7. The van der Waals surface area contributed by atoms with Crippen LogP contribution in [0.2, 0.25) is 0 Å². The molecule has 14 nitrogen and oxygen atoms in total. The molecule has 14 heteroatoms. The number of aromatic nitrogens is 3. The first kappa shape index (κ1) is 27.9. The van der Waals surface area contributed by atoms with Crippen LogP contribution in [0.3, 0.4) is 0 Å². The molecule has 38 heavy (non-hydrogen) atoms. The molecular formula is C24H30N8O6. The average Bonchev–Trinajstić information content (AvgIpc) is 3.54. The highest BCUT2D eigenvalue weighted by Crippen LogP contribution is 2.19. The molecule has 2 aromatic heterocycles. The summed E-state index contributed by atoms with van der Waals surface area (Å²) in [6.07, 6.45) is 4.49. The maximum Gasteiger partial charge on any atom is 0.322 e. The van der Waals surface area contributed by atoms with E-state index in [4.69, 9.17) is 16.6 Å². The number of rotatable bonds is 14. The first-order chi connectivity index (χ1) is 18.1. The highest BCUT2D eigenvalue weighted by molar-refractivity contribution is 5.94. The maximum atomic E-state index is 13.4. The maximum absolute atomic E-state index is 13.4. The predicted molar refractivity (Wildman–Crippen MR) is 135 cm³/mol. The van der Waals surface area contributed by atoms with E-state index in [0.717, 1.165) is 16.5 Å². The van der Waals surface area contributed by atoms with Crippen molar-refractivity contribution < 1.29 is 29.1 Å². The van der Waals surface area contributed by atoms with Gasteiger partial charge in [0.15, 0.2) is 0 Å². The number of hydrogen-bond donors (Lipinski definition) is 8. The van der Waals surface area contributed by atoms with Gasteiger partial charge in [-0.1, -0.05) is 18.2 Å². The molecule has 0 aliphatic rings. The third kappa shape index (κ3) is 7.89. The van der Waals surface area contributed by atoms with E-state index in [1.54, 1.807) is 6.20 Å². The molecule has 3 aromatic rings. The molecule has 0 saturated heterocycles. The fourth-order valence-electron chi connectivity index (χ4n) is 3.85. The molecule has 3 rings (SSSR count). The molecule has 0 aliphatic heterocycles. The second-order valence-electron chi connectivity index (χ2n) is 8.69. The lowest BCUT2D eigenvalue weighted by molar-refractivity contribution is -0.138. The Kier molecular flexibility index (Phi) is 9.54. The number of carbonyl (C=O) groups is 5. The summed E-state index contributed by atoms with van der Waals surface area (Å²) in [6, 6.07) is 3.98. The third-order valence-electron chi connectivity index (χ3n) is 5.79. The minimum Gasteiger partial charge on any atom is -0.480 e. The van der Waals surface area contributed by atoms with Gasteiger partial charge in [-0.3, -0.25) is 24.0 Å². The highest BCUT2D eigenvalue weighted by atomic mass is 16.4. The summed E-state index contributed by atoms with van der Waals surface area (Å²) in [5.41, 5.74) is 13.4. The molecule has 0 bridgehead atoms. The summed E-state index contributed by atoms with van der Waals surface area (Å²) < 4.78 is 0. The first-order valence-corrected chi connectivity index (χ1v) is 11.8. The number of primary amides is 1. The van der Waals surface area contributed by atoms with Crippen molar-refractivity contribution in [1.29, 1.82) is 0 Å². The van der Waals surface area contributed by atoms with Gasteiger partial charge in [-0.05, 0) is 18.1 Å². The first-order valence-electron chi connectivity index (χ1n) is 11.8. The van der Waals surface area contributed by atoms with Gasteiger partial charge in [-0.25, -0.2) is 4.98 Å². The van der Waals surface area contributed by atoms with E-state index in [2.05, 4.69) is 30.9 Å². The standard InChI is InChI=1S/C24H30N8O6/c25-16(8-14-10-27-12-30-14)22(36)32-19(7-13-9-28-17-4-2-1-3-15(13)17)24(38)31-18(5-6-20(26)33)23(37)29-11-21(34)35/h1-4,9-10,12,16,18-19,28H,5-8,11,25H2,(H2,26,33)(H,27,30)(H,29,37)(H,31,38)(H,32,36)(H,34,35). The number of carboxylic acids is 1. The topological polar surface area (TPSA) is 238 Å². The highest BCUT2D eigenvalue weighted by Gasteiger charge is 2.29. The molecule has 0 spiro atoms. The predicted octanol–water partition coefficient (Wildman–Crippen LogP) is -1.56. The Morgan fingerprint density at radius 2 is 1.71 bits per heavy atom. The largest absolute Gasteiger partial charge is 0.480 e. The molecule has 10 N–H and O–H groups in total. The number of imidazole rings is 1. The fraction of sp³-hybridized carbons (Fsp3) is 0.333. The number of aliphatic carboxylic acids is 1. The average molecular weight is 527 g/mol. The lowest BCUT2D eigenvalue weighted by Gasteiger charge is -2.24. The van der Waals surface area contributed by atoms with Crippen LogP contribution in [0.25, 0.3) is 10.9 Å². The van der Waals surface area contributed by atoms with Gasteiger partial charge >= 0.3 is 5.97 Å². The van der Waals surface area contributed by atoms with Crippen LogP contribution in [0.5, 0.6) is 0 Å². The van der Waals surface area contributed by atoms with Gasteiger partial charge in [0, 0.05) is 48.3 Å². The summed E-state index contributed by atoms with van der Waals surface area (Å²) in [4.78, 5) is 70.9. The Labute approximate surface area is 216 Å². The Morgan fingerprint density at radius 3 is 2.39 bits per heavy atom. The zero-order valence-electron chi connectivity index (χ0n) is 20.4. The lowest BCUT2D eigenvalue weighted by Crippen LogP contribution is -2.57. The number of nitrogens with two attached hydrogens (primary N) is 2. The van der Waals surface area contributed by atoms with E-state index >= 15 is 0 Å². The molecule has 0 fully saturated rings. The van der Waals surface area contributed by atoms with E-state index in [0.29, 0.717) is 5.69 Å². The molecule has 0 radical (unpaired) electrons. The summed E-state index contributed by atoms with van der Waals surface area (Å²) in [5.74, 6) is -4.13.